The van der Waals surface area contributed by atoms with Crippen molar-refractivity contribution in [1.82, 2.24) is 20.4 Å². The number of nitrogens with zero attached hydrogens (tertiary/aromatic N) is 3. The molecule has 0 aromatic carbocycles. The van der Waals surface area contributed by atoms with Crippen molar-refractivity contribution in [2.75, 3.05) is 5.32 Å². The Bertz CT molecular complexity index is 540. The fourth-order valence-corrected chi connectivity index (χ4v) is 2.32. The Balaban J connectivity index is 1.89. The summed E-state index contributed by atoms with van der Waals surface area (Å²) >= 11 is 1.37. The molecule has 2 rings (SSSR count). The minimum absolute atomic E-state index is 0.0499. The number of aryl methyl sites for hydroxylation is 3. The topological polar surface area (TPSA) is 83.6 Å². The van der Waals surface area contributed by atoms with E-state index in [4.69, 9.17) is 0 Å². The summed E-state index contributed by atoms with van der Waals surface area (Å²) in [5, 5.41) is 18.8. The van der Waals surface area contributed by atoms with Crippen molar-refractivity contribution in [1.29, 1.82) is 0 Å². The molecule has 0 radical (unpaired) electrons. The average Bonchev–Trinajstić information content (AvgIpc) is 2.84. The van der Waals surface area contributed by atoms with Crippen LogP contribution in [0.25, 0.3) is 0 Å². The fourth-order valence-electron chi connectivity index (χ4n) is 1.71. The largest absolute Gasteiger partial charge is 0.301 e. The molecule has 2 aromatic heterocycles. The SMILES string of the molecule is Cc1nnc(NC(=O)CCc2c(C)n[nH]c2C)s1. The van der Waals surface area contributed by atoms with Gasteiger partial charge in [0.1, 0.15) is 5.01 Å². The van der Waals surface area contributed by atoms with E-state index in [1.165, 1.54) is 11.3 Å². The van der Waals surface area contributed by atoms with Gasteiger partial charge in [0.15, 0.2) is 0 Å². The molecule has 0 saturated carbocycles. The lowest BCUT2D eigenvalue weighted by Gasteiger charge is -2.01. The summed E-state index contributed by atoms with van der Waals surface area (Å²) in [6, 6.07) is 0. The highest BCUT2D eigenvalue weighted by atomic mass is 32.1. The van der Waals surface area contributed by atoms with E-state index in [2.05, 4.69) is 25.7 Å². The summed E-state index contributed by atoms with van der Waals surface area (Å²) in [7, 11) is 0. The van der Waals surface area contributed by atoms with E-state index in [0.717, 1.165) is 22.0 Å². The second-order valence-electron chi connectivity index (χ2n) is 4.09. The Labute approximate surface area is 109 Å². The van der Waals surface area contributed by atoms with Crippen LogP contribution in [-0.4, -0.2) is 26.3 Å². The molecule has 18 heavy (non-hydrogen) atoms. The molecule has 2 N–H and O–H groups in total. The summed E-state index contributed by atoms with van der Waals surface area (Å²) < 4.78 is 0. The zero-order valence-electron chi connectivity index (χ0n) is 10.6. The molecule has 0 unspecified atom stereocenters. The summed E-state index contributed by atoms with van der Waals surface area (Å²) in [6.07, 6.45) is 1.09. The van der Waals surface area contributed by atoms with Gasteiger partial charge in [-0.05, 0) is 32.8 Å². The standard InChI is InChI=1S/C11H15N5OS/c1-6-9(7(2)14-13-6)4-5-10(17)12-11-16-15-8(3)18-11/h4-5H2,1-3H3,(H,13,14)(H,12,16,17). The van der Waals surface area contributed by atoms with E-state index in [9.17, 15) is 4.79 Å². The molecule has 0 atom stereocenters. The third kappa shape index (κ3) is 2.92. The number of amides is 1. The molecule has 0 fully saturated rings. The van der Waals surface area contributed by atoms with Crippen LogP contribution in [0, 0.1) is 20.8 Å². The molecule has 0 bridgehead atoms. The third-order valence-electron chi connectivity index (χ3n) is 2.66. The number of carbonyl (C=O) groups is 1. The van der Waals surface area contributed by atoms with E-state index < -0.39 is 0 Å². The van der Waals surface area contributed by atoms with E-state index in [1.807, 2.05) is 20.8 Å². The number of H-pyrrole nitrogens is 1. The first kappa shape index (κ1) is 12.7. The predicted molar refractivity (Wildman–Crippen MR) is 69.7 cm³/mol. The van der Waals surface area contributed by atoms with Crippen molar-refractivity contribution in [3.63, 3.8) is 0 Å². The molecule has 2 heterocycles. The molecule has 2 aromatic rings. The second-order valence-corrected chi connectivity index (χ2v) is 5.27. The predicted octanol–water partition coefficient (Wildman–Crippen LogP) is 1.76. The van der Waals surface area contributed by atoms with Gasteiger partial charge in [-0.25, -0.2) is 0 Å². The highest BCUT2D eigenvalue weighted by Gasteiger charge is 2.10. The molecule has 1 amide bonds. The molecule has 0 aliphatic rings. The number of aromatic nitrogens is 4. The first-order valence-electron chi connectivity index (χ1n) is 5.66. The lowest BCUT2D eigenvalue weighted by Crippen LogP contribution is -2.12. The maximum Gasteiger partial charge on any atom is 0.226 e. The Hall–Kier alpha value is -1.76. The zero-order chi connectivity index (χ0) is 13.1. The van der Waals surface area contributed by atoms with Gasteiger partial charge in [0.25, 0.3) is 0 Å². The van der Waals surface area contributed by atoms with Gasteiger partial charge >= 0.3 is 0 Å². The number of carbonyl (C=O) groups excluding carboxylic acids is 1. The van der Waals surface area contributed by atoms with Crippen LogP contribution in [-0.2, 0) is 11.2 Å². The number of anilines is 1. The van der Waals surface area contributed by atoms with Crippen LogP contribution in [0.5, 0.6) is 0 Å². The van der Waals surface area contributed by atoms with Gasteiger partial charge < -0.3 is 5.32 Å². The monoisotopic (exact) mass is 265 g/mol. The molecule has 0 aliphatic carbocycles. The lowest BCUT2D eigenvalue weighted by molar-refractivity contribution is -0.116. The van der Waals surface area contributed by atoms with Crippen LogP contribution in [0.15, 0.2) is 0 Å². The van der Waals surface area contributed by atoms with E-state index >= 15 is 0 Å². The quantitative estimate of drug-likeness (QED) is 0.882. The molecule has 0 spiro atoms. The lowest BCUT2D eigenvalue weighted by atomic mass is 10.1. The van der Waals surface area contributed by atoms with Gasteiger partial charge in [0, 0.05) is 12.1 Å². The van der Waals surface area contributed by atoms with Gasteiger partial charge in [-0.2, -0.15) is 5.10 Å². The van der Waals surface area contributed by atoms with Crippen LogP contribution in [0.1, 0.15) is 28.4 Å². The van der Waals surface area contributed by atoms with Crippen molar-refractivity contribution in [2.24, 2.45) is 0 Å². The minimum atomic E-state index is -0.0499. The maximum absolute atomic E-state index is 11.7. The number of hydrogen-bond donors (Lipinski definition) is 2. The fraction of sp³-hybridized carbons (Fsp3) is 0.455. The summed E-state index contributed by atoms with van der Waals surface area (Å²) in [5.74, 6) is -0.0499. The molecule has 6 nitrogen and oxygen atoms in total. The van der Waals surface area contributed by atoms with E-state index in [1.54, 1.807) is 0 Å². The van der Waals surface area contributed by atoms with Crippen LogP contribution < -0.4 is 5.32 Å². The van der Waals surface area contributed by atoms with Crippen LogP contribution in [0.3, 0.4) is 0 Å². The van der Waals surface area contributed by atoms with Crippen molar-refractivity contribution in [2.45, 2.75) is 33.6 Å². The Morgan fingerprint density at radius 2 is 2.11 bits per heavy atom. The molecule has 0 aliphatic heterocycles. The van der Waals surface area contributed by atoms with Crippen LogP contribution in [0.2, 0.25) is 0 Å². The number of hydrogen-bond acceptors (Lipinski definition) is 5. The molecule has 0 saturated heterocycles. The van der Waals surface area contributed by atoms with Crippen molar-refractivity contribution in [3.8, 4) is 0 Å². The molecule has 7 heteroatoms. The Morgan fingerprint density at radius 1 is 1.33 bits per heavy atom. The highest BCUT2D eigenvalue weighted by Crippen LogP contribution is 2.15. The highest BCUT2D eigenvalue weighted by molar-refractivity contribution is 7.15. The van der Waals surface area contributed by atoms with E-state index in [-0.39, 0.29) is 5.91 Å². The van der Waals surface area contributed by atoms with Gasteiger partial charge in [-0.3, -0.25) is 9.89 Å². The summed E-state index contributed by atoms with van der Waals surface area (Å²) in [6.45, 7) is 5.75. The first-order chi connectivity index (χ1) is 8.56. The zero-order valence-corrected chi connectivity index (χ0v) is 11.4. The minimum Gasteiger partial charge on any atom is -0.301 e. The van der Waals surface area contributed by atoms with Gasteiger partial charge in [0.2, 0.25) is 11.0 Å². The van der Waals surface area contributed by atoms with Crippen molar-refractivity contribution >= 4 is 22.4 Å². The second kappa shape index (κ2) is 5.26. The van der Waals surface area contributed by atoms with Gasteiger partial charge in [-0.1, -0.05) is 11.3 Å². The Kier molecular flexibility index (Phi) is 3.71. The summed E-state index contributed by atoms with van der Waals surface area (Å²) in [4.78, 5) is 11.7. The maximum atomic E-state index is 11.7. The summed E-state index contributed by atoms with van der Waals surface area (Å²) in [5.41, 5.74) is 3.08. The molecular weight excluding hydrogens is 250 g/mol. The molecule has 96 valence electrons. The van der Waals surface area contributed by atoms with Crippen molar-refractivity contribution < 1.29 is 4.79 Å². The van der Waals surface area contributed by atoms with Gasteiger partial charge in [0.05, 0.1) is 5.69 Å². The number of nitrogens with one attached hydrogen (secondary N) is 2. The van der Waals surface area contributed by atoms with Crippen LogP contribution in [0.4, 0.5) is 5.13 Å². The first-order valence-corrected chi connectivity index (χ1v) is 6.48. The number of rotatable bonds is 4. The third-order valence-corrected chi connectivity index (χ3v) is 3.41. The average molecular weight is 265 g/mol. The Morgan fingerprint density at radius 3 is 2.67 bits per heavy atom. The van der Waals surface area contributed by atoms with Crippen molar-refractivity contribution in [3.05, 3.63) is 22.0 Å². The van der Waals surface area contributed by atoms with E-state index in [0.29, 0.717) is 18.0 Å². The normalized spacial score (nSPS) is 10.6. The number of aromatic amines is 1. The van der Waals surface area contributed by atoms with Gasteiger partial charge in [-0.15, -0.1) is 10.2 Å². The van der Waals surface area contributed by atoms with Crippen LogP contribution >= 0.6 is 11.3 Å². The smallest absolute Gasteiger partial charge is 0.226 e. The molecular formula is C11H15N5OS.